The Morgan fingerprint density at radius 2 is 2.00 bits per heavy atom. The number of carbonyl (C=O) groups is 1. The minimum atomic E-state index is -0.727. The highest BCUT2D eigenvalue weighted by atomic mass is 16.3. The summed E-state index contributed by atoms with van der Waals surface area (Å²) in [4.78, 5) is 15.8. The van der Waals surface area contributed by atoms with E-state index < -0.39 is 5.60 Å². The summed E-state index contributed by atoms with van der Waals surface area (Å²) in [6.45, 7) is 2.24. The van der Waals surface area contributed by atoms with Crippen molar-refractivity contribution in [2.75, 3.05) is 6.54 Å². The number of hydrogen-bond acceptors (Lipinski definition) is 3. The van der Waals surface area contributed by atoms with E-state index in [4.69, 9.17) is 0 Å². The molecule has 0 spiro atoms. The highest BCUT2D eigenvalue weighted by Gasteiger charge is 2.29. The molecule has 0 aliphatic heterocycles. The van der Waals surface area contributed by atoms with E-state index in [1.807, 2.05) is 19.1 Å². The third-order valence-electron chi connectivity index (χ3n) is 3.92. The first-order chi connectivity index (χ1) is 9.59. The SMILES string of the molecule is CC(NC(=O)NCC1(O)CCCCC1)c1ccncc1. The topological polar surface area (TPSA) is 74.2 Å². The zero-order valence-corrected chi connectivity index (χ0v) is 11.9. The first-order valence-corrected chi connectivity index (χ1v) is 7.26. The number of aromatic nitrogens is 1. The van der Waals surface area contributed by atoms with Crippen molar-refractivity contribution in [3.05, 3.63) is 30.1 Å². The minimum absolute atomic E-state index is 0.0843. The maximum Gasteiger partial charge on any atom is 0.315 e. The molecule has 0 radical (unpaired) electrons. The molecule has 1 fully saturated rings. The van der Waals surface area contributed by atoms with Crippen molar-refractivity contribution in [3.8, 4) is 0 Å². The molecule has 1 aromatic heterocycles. The van der Waals surface area contributed by atoms with Gasteiger partial charge < -0.3 is 15.7 Å². The Morgan fingerprint density at radius 3 is 2.65 bits per heavy atom. The quantitative estimate of drug-likeness (QED) is 0.789. The summed E-state index contributed by atoms with van der Waals surface area (Å²) in [7, 11) is 0. The molecule has 1 heterocycles. The van der Waals surface area contributed by atoms with E-state index in [2.05, 4.69) is 15.6 Å². The lowest BCUT2D eigenvalue weighted by Crippen LogP contribution is -2.47. The van der Waals surface area contributed by atoms with Gasteiger partial charge in [-0.2, -0.15) is 0 Å². The molecule has 0 aromatic carbocycles. The molecule has 1 atom stereocenters. The van der Waals surface area contributed by atoms with Crippen LogP contribution in [0.5, 0.6) is 0 Å². The molecular weight excluding hydrogens is 254 g/mol. The van der Waals surface area contributed by atoms with E-state index in [0.29, 0.717) is 6.54 Å². The minimum Gasteiger partial charge on any atom is -0.388 e. The Kier molecular flexibility index (Phi) is 4.95. The third-order valence-corrected chi connectivity index (χ3v) is 3.92. The van der Waals surface area contributed by atoms with Crippen molar-refractivity contribution in [2.24, 2.45) is 0 Å². The van der Waals surface area contributed by atoms with Crippen LogP contribution >= 0.6 is 0 Å². The van der Waals surface area contributed by atoms with Gasteiger partial charge in [0.25, 0.3) is 0 Å². The molecular formula is C15H23N3O2. The van der Waals surface area contributed by atoms with Crippen LogP contribution in [-0.2, 0) is 0 Å². The van der Waals surface area contributed by atoms with Crippen LogP contribution < -0.4 is 10.6 Å². The average Bonchev–Trinajstić information content (AvgIpc) is 2.47. The van der Waals surface area contributed by atoms with Gasteiger partial charge in [0.15, 0.2) is 0 Å². The van der Waals surface area contributed by atoms with Crippen molar-refractivity contribution in [2.45, 2.75) is 50.7 Å². The van der Waals surface area contributed by atoms with Crippen LogP contribution in [0.25, 0.3) is 0 Å². The predicted octanol–water partition coefficient (Wildman–Crippen LogP) is 2.14. The number of nitrogens with zero attached hydrogens (tertiary/aromatic N) is 1. The molecule has 20 heavy (non-hydrogen) atoms. The maximum absolute atomic E-state index is 11.9. The zero-order chi connectivity index (χ0) is 14.4. The Bertz CT molecular complexity index is 430. The molecule has 5 nitrogen and oxygen atoms in total. The Balaban J connectivity index is 1.78. The summed E-state index contributed by atoms with van der Waals surface area (Å²) in [6, 6.07) is 3.42. The van der Waals surface area contributed by atoms with Crippen molar-refractivity contribution < 1.29 is 9.90 Å². The second-order valence-corrected chi connectivity index (χ2v) is 5.61. The van der Waals surface area contributed by atoms with Gasteiger partial charge in [-0.05, 0) is 37.5 Å². The lowest BCUT2D eigenvalue weighted by Gasteiger charge is -2.32. The Morgan fingerprint density at radius 1 is 1.35 bits per heavy atom. The number of hydrogen-bond donors (Lipinski definition) is 3. The lowest BCUT2D eigenvalue weighted by atomic mass is 9.85. The largest absolute Gasteiger partial charge is 0.388 e. The van der Waals surface area contributed by atoms with E-state index in [9.17, 15) is 9.90 Å². The standard InChI is InChI=1S/C15H23N3O2/c1-12(13-5-9-16-10-6-13)18-14(19)17-11-15(20)7-3-2-4-8-15/h5-6,9-10,12,20H,2-4,7-8,11H2,1H3,(H2,17,18,19). The molecule has 0 bridgehead atoms. The van der Waals surface area contributed by atoms with Gasteiger partial charge in [-0.1, -0.05) is 19.3 Å². The van der Waals surface area contributed by atoms with Crippen LogP contribution in [0.1, 0.15) is 50.6 Å². The van der Waals surface area contributed by atoms with Gasteiger partial charge in [0.2, 0.25) is 0 Å². The molecule has 3 N–H and O–H groups in total. The first kappa shape index (κ1) is 14.8. The molecule has 2 rings (SSSR count). The van der Waals surface area contributed by atoms with Crippen LogP contribution in [0.4, 0.5) is 4.79 Å². The smallest absolute Gasteiger partial charge is 0.315 e. The van der Waals surface area contributed by atoms with E-state index in [1.54, 1.807) is 12.4 Å². The molecule has 0 saturated heterocycles. The maximum atomic E-state index is 11.9. The molecule has 1 aliphatic carbocycles. The molecule has 1 saturated carbocycles. The van der Waals surface area contributed by atoms with Crippen molar-refractivity contribution in [3.63, 3.8) is 0 Å². The molecule has 1 aliphatic rings. The van der Waals surface area contributed by atoms with Gasteiger partial charge >= 0.3 is 6.03 Å². The van der Waals surface area contributed by atoms with E-state index in [0.717, 1.165) is 31.2 Å². The van der Waals surface area contributed by atoms with Gasteiger partial charge in [0.05, 0.1) is 11.6 Å². The summed E-state index contributed by atoms with van der Waals surface area (Å²) in [5.41, 5.74) is 0.279. The number of amides is 2. The van der Waals surface area contributed by atoms with Crippen LogP contribution in [0.15, 0.2) is 24.5 Å². The van der Waals surface area contributed by atoms with Crippen molar-refractivity contribution >= 4 is 6.03 Å². The fourth-order valence-corrected chi connectivity index (χ4v) is 2.61. The Hall–Kier alpha value is -1.62. The van der Waals surface area contributed by atoms with Gasteiger partial charge in [0.1, 0.15) is 0 Å². The van der Waals surface area contributed by atoms with Crippen LogP contribution in [0.3, 0.4) is 0 Å². The number of nitrogens with one attached hydrogen (secondary N) is 2. The molecule has 110 valence electrons. The van der Waals surface area contributed by atoms with E-state index >= 15 is 0 Å². The van der Waals surface area contributed by atoms with Gasteiger partial charge in [-0.25, -0.2) is 4.79 Å². The third kappa shape index (κ3) is 4.20. The first-order valence-electron chi connectivity index (χ1n) is 7.26. The Labute approximate surface area is 119 Å². The highest BCUT2D eigenvalue weighted by molar-refractivity contribution is 5.74. The average molecular weight is 277 g/mol. The van der Waals surface area contributed by atoms with E-state index in [-0.39, 0.29) is 12.1 Å². The number of carbonyl (C=O) groups excluding carboxylic acids is 1. The van der Waals surface area contributed by atoms with Gasteiger partial charge in [-0.15, -0.1) is 0 Å². The number of rotatable bonds is 4. The highest BCUT2D eigenvalue weighted by Crippen LogP contribution is 2.27. The number of urea groups is 1. The lowest BCUT2D eigenvalue weighted by molar-refractivity contribution is 0.00714. The zero-order valence-electron chi connectivity index (χ0n) is 11.9. The number of pyridine rings is 1. The molecule has 1 unspecified atom stereocenters. The van der Waals surface area contributed by atoms with Crippen LogP contribution in [0, 0.1) is 0 Å². The summed E-state index contributed by atoms with van der Waals surface area (Å²) < 4.78 is 0. The second kappa shape index (κ2) is 6.70. The molecule has 1 aromatic rings. The molecule has 2 amide bonds. The van der Waals surface area contributed by atoms with E-state index in [1.165, 1.54) is 6.42 Å². The second-order valence-electron chi connectivity index (χ2n) is 5.61. The van der Waals surface area contributed by atoms with Gasteiger partial charge in [0, 0.05) is 18.9 Å². The summed E-state index contributed by atoms with van der Waals surface area (Å²) in [5, 5.41) is 16.0. The summed E-state index contributed by atoms with van der Waals surface area (Å²) in [5.74, 6) is 0. The molecule has 5 heteroatoms. The van der Waals surface area contributed by atoms with Crippen molar-refractivity contribution in [1.29, 1.82) is 0 Å². The predicted molar refractivity (Wildman–Crippen MR) is 77.2 cm³/mol. The monoisotopic (exact) mass is 277 g/mol. The number of aliphatic hydroxyl groups is 1. The van der Waals surface area contributed by atoms with Gasteiger partial charge in [-0.3, -0.25) is 4.98 Å². The normalized spacial score (nSPS) is 19.1. The summed E-state index contributed by atoms with van der Waals surface area (Å²) >= 11 is 0. The van der Waals surface area contributed by atoms with Crippen LogP contribution in [-0.4, -0.2) is 28.3 Å². The summed E-state index contributed by atoms with van der Waals surface area (Å²) in [6.07, 6.45) is 8.20. The fourth-order valence-electron chi connectivity index (χ4n) is 2.61. The van der Waals surface area contributed by atoms with Crippen molar-refractivity contribution in [1.82, 2.24) is 15.6 Å². The fraction of sp³-hybridized carbons (Fsp3) is 0.600. The van der Waals surface area contributed by atoms with Crippen LogP contribution in [0.2, 0.25) is 0 Å².